The summed E-state index contributed by atoms with van der Waals surface area (Å²) < 4.78 is 0.951. The van der Waals surface area contributed by atoms with E-state index in [0.29, 0.717) is 16.4 Å². The summed E-state index contributed by atoms with van der Waals surface area (Å²) in [5, 5.41) is 14.6. The summed E-state index contributed by atoms with van der Waals surface area (Å²) >= 11 is 8.26. The van der Waals surface area contributed by atoms with E-state index in [1.165, 1.54) is 6.07 Å². The molecule has 1 aliphatic rings. The molecule has 8 heteroatoms. The van der Waals surface area contributed by atoms with Crippen molar-refractivity contribution in [1.82, 2.24) is 0 Å². The molecule has 0 aliphatic carbocycles. The second kappa shape index (κ2) is 8.22. The molecule has 0 bridgehead atoms. The molecule has 1 N–H and O–H groups in total. The van der Waals surface area contributed by atoms with Gasteiger partial charge in [0.05, 0.1) is 15.6 Å². The smallest absolute Gasteiger partial charge is 0.293 e. The number of carbonyl (C=O) groups is 1. The molecule has 0 radical (unpaired) electrons. The lowest BCUT2D eigenvalue weighted by Gasteiger charge is -2.28. The molecule has 1 aliphatic heterocycles. The van der Waals surface area contributed by atoms with Crippen molar-refractivity contribution >= 4 is 57.2 Å². The van der Waals surface area contributed by atoms with Gasteiger partial charge in [-0.05, 0) is 72.2 Å². The number of piperidine rings is 1. The van der Waals surface area contributed by atoms with Gasteiger partial charge in [0.25, 0.3) is 11.6 Å². The maximum absolute atomic E-state index is 12.5. The number of anilines is 2. The number of halogens is 2. The second-order valence-electron chi connectivity index (χ2n) is 6.09. The van der Waals surface area contributed by atoms with Crippen molar-refractivity contribution < 1.29 is 9.72 Å². The van der Waals surface area contributed by atoms with Crippen LogP contribution in [0.1, 0.15) is 29.6 Å². The van der Waals surface area contributed by atoms with Gasteiger partial charge in [0.1, 0.15) is 5.69 Å². The maximum Gasteiger partial charge on any atom is 0.293 e. The zero-order valence-corrected chi connectivity index (χ0v) is 16.8. The molecule has 6 nitrogen and oxygen atoms in total. The highest BCUT2D eigenvalue weighted by Crippen LogP contribution is 2.32. The Kier molecular flexibility index (Phi) is 5.98. The van der Waals surface area contributed by atoms with E-state index in [4.69, 9.17) is 11.6 Å². The first-order chi connectivity index (χ1) is 12.5. The van der Waals surface area contributed by atoms with Crippen molar-refractivity contribution in [1.29, 1.82) is 0 Å². The van der Waals surface area contributed by atoms with Crippen molar-refractivity contribution in [2.45, 2.75) is 19.3 Å². The Labute approximate surface area is 169 Å². The molecule has 0 saturated carbocycles. The van der Waals surface area contributed by atoms with E-state index in [1.807, 2.05) is 11.0 Å². The normalized spacial score (nSPS) is 14.2. The molecule has 26 heavy (non-hydrogen) atoms. The maximum atomic E-state index is 12.5. The van der Waals surface area contributed by atoms with Gasteiger partial charge in [-0.3, -0.25) is 14.9 Å². The van der Waals surface area contributed by atoms with Gasteiger partial charge < -0.3 is 10.2 Å². The predicted octanol–water partition coefficient (Wildman–Crippen LogP) is 5.10. The van der Waals surface area contributed by atoms with Crippen LogP contribution < -0.4 is 10.2 Å². The predicted molar refractivity (Wildman–Crippen MR) is 111 cm³/mol. The Morgan fingerprint density at radius 2 is 1.88 bits per heavy atom. The van der Waals surface area contributed by atoms with Gasteiger partial charge >= 0.3 is 0 Å². The van der Waals surface area contributed by atoms with Gasteiger partial charge in [0.15, 0.2) is 0 Å². The number of rotatable bonds is 4. The summed E-state index contributed by atoms with van der Waals surface area (Å²) in [4.78, 5) is 25.6. The van der Waals surface area contributed by atoms with E-state index >= 15 is 0 Å². The van der Waals surface area contributed by atoms with Crippen LogP contribution in [-0.2, 0) is 0 Å². The second-order valence-corrected chi connectivity index (χ2v) is 7.74. The number of carbonyl (C=O) groups excluding carboxylic acids is 1. The minimum absolute atomic E-state index is 0.0479. The highest BCUT2D eigenvalue weighted by molar-refractivity contribution is 14.1. The number of nitro benzene ring substituents is 1. The zero-order valence-electron chi connectivity index (χ0n) is 13.9. The SMILES string of the molecule is O=C(Nc1ccc(I)cc1Cl)c1ccc(N2CCCCC2)c([N+](=O)[O-])c1. The topological polar surface area (TPSA) is 75.5 Å². The van der Waals surface area contributed by atoms with Gasteiger partial charge in [-0.1, -0.05) is 11.6 Å². The Balaban J connectivity index is 1.86. The van der Waals surface area contributed by atoms with Gasteiger partial charge in [0, 0.05) is 28.3 Å². The average molecular weight is 486 g/mol. The quantitative estimate of drug-likeness (QED) is 0.372. The fourth-order valence-corrected chi connectivity index (χ4v) is 3.90. The Morgan fingerprint density at radius 1 is 1.15 bits per heavy atom. The van der Waals surface area contributed by atoms with E-state index in [0.717, 1.165) is 35.9 Å². The van der Waals surface area contributed by atoms with Crippen LogP contribution in [0, 0.1) is 13.7 Å². The third-order valence-corrected chi connectivity index (χ3v) is 5.29. The van der Waals surface area contributed by atoms with E-state index in [9.17, 15) is 14.9 Å². The third kappa shape index (κ3) is 4.27. The summed E-state index contributed by atoms with van der Waals surface area (Å²) in [6, 6.07) is 9.88. The Morgan fingerprint density at radius 3 is 2.54 bits per heavy atom. The van der Waals surface area contributed by atoms with Gasteiger partial charge in [0.2, 0.25) is 0 Å². The zero-order chi connectivity index (χ0) is 18.7. The molecule has 1 amide bonds. The van der Waals surface area contributed by atoms with Crippen molar-refractivity contribution in [3.63, 3.8) is 0 Å². The molecule has 3 rings (SSSR count). The van der Waals surface area contributed by atoms with Crippen LogP contribution in [0.25, 0.3) is 0 Å². The van der Waals surface area contributed by atoms with Crippen molar-refractivity contribution in [3.8, 4) is 0 Å². The number of hydrogen-bond acceptors (Lipinski definition) is 4. The molecule has 1 fully saturated rings. The summed E-state index contributed by atoms with van der Waals surface area (Å²) in [5.41, 5.74) is 1.22. The fourth-order valence-electron chi connectivity index (χ4n) is 3.00. The molecule has 0 atom stereocenters. The van der Waals surface area contributed by atoms with Gasteiger partial charge in [-0.15, -0.1) is 0 Å². The van der Waals surface area contributed by atoms with Crippen LogP contribution in [0.4, 0.5) is 17.1 Å². The highest BCUT2D eigenvalue weighted by atomic mass is 127. The molecule has 0 unspecified atom stereocenters. The largest absolute Gasteiger partial charge is 0.366 e. The van der Waals surface area contributed by atoms with Crippen LogP contribution in [-0.4, -0.2) is 23.9 Å². The Bertz CT molecular complexity index is 854. The van der Waals surface area contributed by atoms with Crippen molar-refractivity contribution in [2.75, 3.05) is 23.3 Å². The first kappa shape index (κ1) is 18.9. The van der Waals surface area contributed by atoms with Crippen LogP contribution in [0.5, 0.6) is 0 Å². The molecule has 2 aromatic carbocycles. The molecule has 2 aromatic rings. The van der Waals surface area contributed by atoms with E-state index < -0.39 is 10.8 Å². The van der Waals surface area contributed by atoms with Gasteiger partial charge in [-0.25, -0.2) is 0 Å². The highest BCUT2D eigenvalue weighted by Gasteiger charge is 2.23. The third-order valence-electron chi connectivity index (χ3n) is 4.31. The number of benzene rings is 2. The Hall–Kier alpha value is -1.87. The minimum atomic E-state index is -0.432. The summed E-state index contributed by atoms with van der Waals surface area (Å²) in [6.45, 7) is 1.59. The minimum Gasteiger partial charge on any atom is -0.366 e. The summed E-state index contributed by atoms with van der Waals surface area (Å²) in [6.07, 6.45) is 3.18. The van der Waals surface area contributed by atoms with Crippen LogP contribution >= 0.6 is 34.2 Å². The lowest BCUT2D eigenvalue weighted by molar-refractivity contribution is -0.384. The molecular weight excluding hydrogens is 469 g/mol. The van der Waals surface area contributed by atoms with E-state index in [-0.39, 0.29) is 11.3 Å². The van der Waals surface area contributed by atoms with Crippen molar-refractivity contribution in [3.05, 3.63) is 60.7 Å². The average Bonchev–Trinajstić information content (AvgIpc) is 2.64. The van der Waals surface area contributed by atoms with Crippen LogP contribution in [0.2, 0.25) is 5.02 Å². The van der Waals surface area contributed by atoms with Crippen LogP contribution in [0.3, 0.4) is 0 Å². The molecule has 0 spiro atoms. The monoisotopic (exact) mass is 485 g/mol. The number of nitro groups is 1. The first-order valence-electron chi connectivity index (χ1n) is 8.25. The van der Waals surface area contributed by atoms with Crippen molar-refractivity contribution in [2.24, 2.45) is 0 Å². The molecule has 1 saturated heterocycles. The molecule has 0 aromatic heterocycles. The number of amides is 1. The molecular formula is C18H17ClIN3O3. The summed E-state index contributed by atoms with van der Waals surface area (Å²) in [5.74, 6) is -0.429. The number of nitrogens with one attached hydrogen (secondary N) is 1. The molecule has 1 heterocycles. The lowest BCUT2D eigenvalue weighted by atomic mass is 10.1. The lowest BCUT2D eigenvalue weighted by Crippen LogP contribution is -2.30. The standard InChI is InChI=1S/C18H17ClIN3O3/c19-14-11-13(20)5-6-15(14)21-18(24)12-4-7-16(17(10-12)23(25)26)22-8-2-1-3-9-22/h4-7,10-11H,1-3,8-9H2,(H,21,24). The number of hydrogen-bond donors (Lipinski definition) is 1. The summed E-state index contributed by atoms with van der Waals surface area (Å²) in [7, 11) is 0. The molecule has 136 valence electrons. The van der Waals surface area contributed by atoms with Gasteiger partial charge in [-0.2, -0.15) is 0 Å². The first-order valence-corrected chi connectivity index (χ1v) is 9.71. The number of nitrogens with zero attached hydrogens (tertiary/aromatic N) is 2. The fraction of sp³-hybridized carbons (Fsp3) is 0.278. The van der Waals surface area contributed by atoms with E-state index in [1.54, 1.807) is 24.3 Å². The van der Waals surface area contributed by atoms with E-state index in [2.05, 4.69) is 27.9 Å². The van der Waals surface area contributed by atoms with Crippen LogP contribution in [0.15, 0.2) is 36.4 Å².